The van der Waals surface area contributed by atoms with Crippen LogP contribution in [0.25, 0.3) is 0 Å². The Morgan fingerprint density at radius 3 is 2.57 bits per heavy atom. The fourth-order valence-corrected chi connectivity index (χ4v) is 1.19. The summed E-state index contributed by atoms with van der Waals surface area (Å²) in [4.78, 5) is 2.36. The third-order valence-corrected chi connectivity index (χ3v) is 2.45. The molecule has 0 bridgehead atoms. The monoisotopic (exact) mass is 218 g/mol. The van der Waals surface area contributed by atoms with Gasteiger partial charge in [-0.25, -0.2) is 0 Å². The van der Waals surface area contributed by atoms with E-state index in [0.717, 1.165) is 13.1 Å². The molecule has 0 aromatic heterocycles. The maximum absolute atomic E-state index is 5.62. The lowest BCUT2D eigenvalue weighted by Crippen LogP contribution is -2.28. The van der Waals surface area contributed by atoms with Gasteiger partial charge in [-0.15, -0.1) is 0 Å². The van der Waals surface area contributed by atoms with Gasteiger partial charge in [0.2, 0.25) is 0 Å². The minimum atomic E-state index is 0.644. The lowest BCUT2D eigenvalue weighted by Gasteiger charge is -2.20. The van der Waals surface area contributed by atoms with E-state index in [9.17, 15) is 0 Å². The number of unbranched alkanes of at least 4 members (excludes halogenated alkanes) is 1. The molecule has 0 saturated heterocycles. The molecule has 0 aliphatic rings. The van der Waals surface area contributed by atoms with Gasteiger partial charge in [0.25, 0.3) is 0 Å². The standard InChI is InChI=1S/C11H23ClN2/c1-10(2)14(4)8-6-5-7-13-9-11(3)12/h10,13H,3,5-9H2,1-2,4H3. The fourth-order valence-electron chi connectivity index (χ4n) is 1.09. The third kappa shape index (κ3) is 8.54. The molecule has 0 aliphatic heterocycles. The van der Waals surface area contributed by atoms with Gasteiger partial charge >= 0.3 is 0 Å². The van der Waals surface area contributed by atoms with Gasteiger partial charge in [0.05, 0.1) is 0 Å². The highest BCUT2D eigenvalue weighted by Crippen LogP contribution is 1.98. The predicted molar refractivity (Wildman–Crippen MR) is 64.9 cm³/mol. The summed E-state index contributed by atoms with van der Waals surface area (Å²) in [5, 5.41) is 3.92. The van der Waals surface area contributed by atoms with Gasteiger partial charge in [0.1, 0.15) is 0 Å². The van der Waals surface area contributed by atoms with Crippen molar-refractivity contribution in [2.45, 2.75) is 32.7 Å². The first kappa shape index (κ1) is 13.9. The molecule has 0 atom stereocenters. The Morgan fingerprint density at radius 1 is 1.43 bits per heavy atom. The number of rotatable bonds is 8. The van der Waals surface area contributed by atoms with Crippen LogP contribution in [0.1, 0.15) is 26.7 Å². The molecule has 2 nitrogen and oxygen atoms in total. The van der Waals surface area contributed by atoms with Crippen LogP contribution < -0.4 is 5.32 Å². The summed E-state index contributed by atoms with van der Waals surface area (Å²) >= 11 is 5.62. The molecular weight excluding hydrogens is 196 g/mol. The molecule has 0 heterocycles. The quantitative estimate of drug-likeness (QED) is 0.630. The Hall–Kier alpha value is -0.0500. The number of hydrogen-bond acceptors (Lipinski definition) is 2. The van der Waals surface area contributed by atoms with Gasteiger partial charge < -0.3 is 10.2 Å². The SMILES string of the molecule is C=C(Cl)CNCCCCN(C)C(C)C. The molecule has 3 heteroatoms. The molecule has 0 amide bonds. The second-order valence-corrected chi connectivity index (χ2v) is 4.51. The van der Waals surface area contributed by atoms with E-state index in [2.05, 4.69) is 37.7 Å². The first-order chi connectivity index (χ1) is 6.54. The van der Waals surface area contributed by atoms with Crippen molar-refractivity contribution in [1.29, 1.82) is 0 Å². The molecule has 0 spiro atoms. The molecular formula is C11H23ClN2. The van der Waals surface area contributed by atoms with Gasteiger partial charge in [0.15, 0.2) is 0 Å². The molecule has 0 aliphatic carbocycles. The van der Waals surface area contributed by atoms with Crippen molar-refractivity contribution in [1.82, 2.24) is 10.2 Å². The van der Waals surface area contributed by atoms with E-state index in [0.29, 0.717) is 11.1 Å². The highest BCUT2D eigenvalue weighted by Gasteiger charge is 2.01. The lowest BCUT2D eigenvalue weighted by atomic mass is 10.2. The second kappa shape index (κ2) is 8.27. The van der Waals surface area contributed by atoms with Gasteiger partial charge in [-0.1, -0.05) is 18.2 Å². The smallest absolute Gasteiger partial charge is 0.0307 e. The number of halogens is 1. The lowest BCUT2D eigenvalue weighted by molar-refractivity contribution is 0.268. The van der Waals surface area contributed by atoms with E-state index in [1.54, 1.807) is 0 Å². The van der Waals surface area contributed by atoms with E-state index in [-0.39, 0.29) is 0 Å². The van der Waals surface area contributed by atoms with E-state index >= 15 is 0 Å². The first-order valence-corrected chi connectivity index (χ1v) is 5.66. The van der Waals surface area contributed by atoms with Crippen molar-refractivity contribution in [2.24, 2.45) is 0 Å². The van der Waals surface area contributed by atoms with Crippen LogP contribution in [0.2, 0.25) is 0 Å². The molecule has 0 rings (SSSR count). The van der Waals surface area contributed by atoms with Crippen LogP contribution >= 0.6 is 11.6 Å². The van der Waals surface area contributed by atoms with E-state index in [1.165, 1.54) is 19.4 Å². The van der Waals surface area contributed by atoms with Crippen LogP contribution in [-0.2, 0) is 0 Å². The number of nitrogens with one attached hydrogen (secondary N) is 1. The van der Waals surface area contributed by atoms with Crippen molar-refractivity contribution in [3.63, 3.8) is 0 Å². The Bertz CT molecular complexity index is 157. The predicted octanol–water partition coefficient (Wildman–Crippen LogP) is 2.45. The normalized spacial score (nSPS) is 11.3. The number of hydrogen-bond donors (Lipinski definition) is 1. The first-order valence-electron chi connectivity index (χ1n) is 5.28. The van der Waals surface area contributed by atoms with Crippen LogP contribution in [0.15, 0.2) is 11.6 Å². The molecule has 0 aromatic carbocycles. The zero-order chi connectivity index (χ0) is 11.0. The van der Waals surface area contributed by atoms with Gasteiger partial charge in [-0.05, 0) is 46.8 Å². The van der Waals surface area contributed by atoms with Crippen molar-refractivity contribution in [2.75, 3.05) is 26.7 Å². The third-order valence-electron chi connectivity index (χ3n) is 2.31. The summed E-state index contributed by atoms with van der Waals surface area (Å²) < 4.78 is 0. The van der Waals surface area contributed by atoms with Crippen molar-refractivity contribution < 1.29 is 0 Å². The molecule has 0 aromatic rings. The Balaban J connectivity index is 3.17. The zero-order valence-corrected chi connectivity index (χ0v) is 10.4. The maximum atomic E-state index is 5.62. The fraction of sp³-hybridized carbons (Fsp3) is 0.818. The van der Waals surface area contributed by atoms with Crippen LogP contribution in [0.4, 0.5) is 0 Å². The summed E-state index contributed by atoms with van der Waals surface area (Å²) in [7, 11) is 2.17. The van der Waals surface area contributed by atoms with E-state index in [4.69, 9.17) is 11.6 Å². The molecule has 1 N–H and O–H groups in total. The largest absolute Gasteiger partial charge is 0.312 e. The topological polar surface area (TPSA) is 15.3 Å². The average Bonchev–Trinajstić information content (AvgIpc) is 2.09. The van der Waals surface area contributed by atoms with Crippen LogP contribution in [0, 0.1) is 0 Å². The molecule has 0 radical (unpaired) electrons. The Morgan fingerprint density at radius 2 is 2.07 bits per heavy atom. The average molecular weight is 219 g/mol. The second-order valence-electron chi connectivity index (χ2n) is 3.98. The minimum Gasteiger partial charge on any atom is -0.312 e. The summed E-state index contributed by atoms with van der Waals surface area (Å²) in [5.41, 5.74) is 0. The van der Waals surface area contributed by atoms with E-state index < -0.39 is 0 Å². The molecule has 84 valence electrons. The summed E-state index contributed by atoms with van der Waals surface area (Å²) in [6.07, 6.45) is 2.43. The van der Waals surface area contributed by atoms with Crippen LogP contribution in [0.3, 0.4) is 0 Å². The molecule has 0 saturated carbocycles. The number of nitrogens with zero attached hydrogens (tertiary/aromatic N) is 1. The Labute approximate surface area is 93.3 Å². The van der Waals surface area contributed by atoms with Crippen molar-refractivity contribution >= 4 is 11.6 Å². The highest BCUT2D eigenvalue weighted by molar-refractivity contribution is 6.29. The Kier molecular flexibility index (Phi) is 8.24. The molecule has 0 unspecified atom stereocenters. The van der Waals surface area contributed by atoms with Gasteiger partial charge in [0, 0.05) is 17.6 Å². The van der Waals surface area contributed by atoms with Crippen molar-refractivity contribution in [3.05, 3.63) is 11.6 Å². The summed E-state index contributed by atoms with van der Waals surface area (Å²) in [6, 6.07) is 0.644. The van der Waals surface area contributed by atoms with Crippen molar-refractivity contribution in [3.8, 4) is 0 Å². The summed E-state index contributed by atoms with van der Waals surface area (Å²) in [6.45, 7) is 11.0. The molecule has 0 fully saturated rings. The summed E-state index contributed by atoms with van der Waals surface area (Å²) in [5.74, 6) is 0. The minimum absolute atomic E-state index is 0.644. The highest BCUT2D eigenvalue weighted by atomic mass is 35.5. The van der Waals surface area contributed by atoms with E-state index in [1.807, 2.05) is 0 Å². The van der Waals surface area contributed by atoms with Crippen LogP contribution in [0.5, 0.6) is 0 Å². The van der Waals surface area contributed by atoms with Gasteiger partial charge in [-0.2, -0.15) is 0 Å². The van der Waals surface area contributed by atoms with Crippen LogP contribution in [-0.4, -0.2) is 37.6 Å². The van der Waals surface area contributed by atoms with Gasteiger partial charge in [-0.3, -0.25) is 0 Å². The maximum Gasteiger partial charge on any atom is 0.0307 e. The zero-order valence-electron chi connectivity index (χ0n) is 9.65. The molecule has 14 heavy (non-hydrogen) atoms.